The molecule has 2 aromatic rings. The van der Waals surface area contributed by atoms with Gasteiger partial charge in [0, 0.05) is 32.2 Å². The predicted molar refractivity (Wildman–Crippen MR) is 91.9 cm³/mol. The zero-order valence-electron chi connectivity index (χ0n) is 15.2. The van der Waals surface area contributed by atoms with Crippen molar-refractivity contribution in [3.63, 3.8) is 0 Å². The Balaban J connectivity index is 1.47. The summed E-state index contributed by atoms with van der Waals surface area (Å²) in [6.45, 7) is 6.61. The van der Waals surface area contributed by atoms with Crippen molar-refractivity contribution < 1.29 is 9.32 Å². The molecule has 1 N–H and O–H groups in total. The molecule has 1 aliphatic heterocycles. The van der Waals surface area contributed by atoms with Crippen molar-refractivity contribution in [2.24, 2.45) is 7.05 Å². The Morgan fingerprint density at radius 3 is 2.88 bits per heavy atom. The quantitative estimate of drug-likeness (QED) is 0.816. The third-order valence-corrected chi connectivity index (χ3v) is 4.71. The van der Waals surface area contributed by atoms with E-state index in [1.165, 1.54) is 0 Å². The van der Waals surface area contributed by atoms with Gasteiger partial charge in [-0.15, -0.1) is 10.2 Å². The normalized spacial score (nSPS) is 18.2. The first-order valence-corrected chi connectivity index (χ1v) is 8.43. The third kappa shape index (κ3) is 4.23. The van der Waals surface area contributed by atoms with Crippen molar-refractivity contribution in [3.05, 3.63) is 23.5 Å². The van der Waals surface area contributed by atoms with Gasteiger partial charge in [-0.3, -0.25) is 14.6 Å². The van der Waals surface area contributed by atoms with E-state index < -0.39 is 0 Å². The molecular weight excluding hydrogens is 322 g/mol. The fraction of sp³-hybridized carbons (Fsp3) is 0.625. The van der Waals surface area contributed by atoms with E-state index in [1.807, 2.05) is 18.5 Å². The highest BCUT2D eigenvalue weighted by Crippen LogP contribution is 2.16. The van der Waals surface area contributed by atoms with E-state index in [0.717, 1.165) is 37.7 Å². The number of carbonyl (C=O) groups excluding carboxylic acids is 1. The third-order valence-electron chi connectivity index (χ3n) is 4.71. The fourth-order valence-electron chi connectivity index (χ4n) is 3.07. The van der Waals surface area contributed by atoms with Crippen LogP contribution in [0.1, 0.15) is 23.8 Å². The van der Waals surface area contributed by atoms with Crippen LogP contribution in [0.3, 0.4) is 0 Å². The summed E-state index contributed by atoms with van der Waals surface area (Å²) in [5.41, 5.74) is 0. The molecule has 136 valence electrons. The highest BCUT2D eigenvalue weighted by Gasteiger charge is 2.27. The predicted octanol–water partition coefficient (Wildman–Crippen LogP) is 0.565. The average molecular weight is 347 g/mol. The molecule has 0 aromatic carbocycles. The summed E-state index contributed by atoms with van der Waals surface area (Å²) in [5, 5.41) is 14.9. The van der Waals surface area contributed by atoms with E-state index in [-0.39, 0.29) is 5.91 Å². The minimum atomic E-state index is -0.0690. The van der Waals surface area contributed by atoms with Gasteiger partial charge in [-0.05, 0) is 27.3 Å². The molecule has 1 amide bonds. The van der Waals surface area contributed by atoms with E-state index in [0.29, 0.717) is 24.2 Å². The molecule has 1 fully saturated rings. The van der Waals surface area contributed by atoms with Gasteiger partial charge < -0.3 is 14.4 Å². The van der Waals surface area contributed by atoms with Gasteiger partial charge in [-0.1, -0.05) is 5.16 Å². The summed E-state index contributed by atoms with van der Waals surface area (Å²) in [7, 11) is 4.08. The van der Waals surface area contributed by atoms with Crippen molar-refractivity contribution in [1.82, 2.24) is 29.7 Å². The standard InChI is InChI=1S/C16H25N7O2/c1-11-7-14(20-25-11)17-16(24)10-23-6-5-13(8-23)21(3)9-15-19-18-12(2)22(15)4/h7,13H,5-6,8-10H2,1-4H3,(H,17,20,24). The maximum Gasteiger partial charge on any atom is 0.239 e. The molecule has 3 heterocycles. The lowest BCUT2D eigenvalue weighted by molar-refractivity contribution is -0.117. The minimum absolute atomic E-state index is 0.0690. The number of rotatable bonds is 6. The number of aromatic nitrogens is 4. The highest BCUT2D eigenvalue weighted by atomic mass is 16.5. The van der Waals surface area contributed by atoms with Crippen LogP contribution in [-0.2, 0) is 18.4 Å². The molecular formula is C16H25N7O2. The average Bonchev–Trinajstić information content (AvgIpc) is 3.25. The molecule has 9 heteroatoms. The van der Waals surface area contributed by atoms with Crippen LogP contribution in [0.2, 0.25) is 0 Å². The summed E-state index contributed by atoms with van der Waals surface area (Å²) in [5.74, 6) is 2.94. The molecule has 1 aliphatic rings. The van der Waals surface area contributed by atoms with Gasteiger partial charge in [-0.25, -0.2) is 0 Å². The van der Waals surface area contributed by atoms with E-state index in [1.54, 1.807) is 13.0 Å². The Morgan fingerprint density at radius 1 is 1.44 bits per heavy atom. The number of anilines is 1. The van der Waals surface area contributed by atoms with E-state index >= 15 is 0 Å². The number of hydrogen-bond donors (Lipinski definition) is 1. The van der Waals surface area contributed by atoms with Crippen LogP contribution in [0.15, 0.2) is 10.6 Å². The topological polar surface area (TPSA) is 92.3 Å². The number of nitrogens with one attached hydrogen (secondary N) is 1. The van der Waals surface area contributed by atoms with Crippen LogP contribution >= 0.6 is 0 Å². The van der Waals surface area contributed by atoms with Crippen LogP contribution in [-0.4, -0.2) is 68.4 Å². The summed E-state index contributed by atoms with van der Waals surface area (Å²) in [4.78, 5) is 16.6. The van der Waals surface area contributed by atoms with Crippen molar-refractivity contribution in [2.75, 3.05) is 32.0 Å². The first-order valence-electron chi connectivity index (χ1n) is 8.43. The molecule has 0 bridgehead atoms. The largest absolute Gasteiger partial charge is 0.360 e. The minimum Gasteiger partial charge on any atom is -0.360 e. The second-order valence-electron chi connectivity index (χ2n) is 6.69. The lowest BCUT2D eigenvalue weighted by Crippen LogP contribution is -2.37. The van der Waals surface area contributed by atoms with Gasteiger partial charge in [0.1, 0.15) is 17.4 Å². The molecule has 25 heavy (non-hydrogen) atoms. The SMILES string of the molecule is Cc1cc(NC(=O)CN2CCC(N(C)Cc3nnc(C)n3C)C2)no1. The van der Waals surface area contributed by atoms with Crippen molar-refractivity contribution in [3.8, 4) is 0 Å². The lowest BCUT2D eigenvalue weighted by Gasteiger charge is -2.24. The van der Waals surface area contributed by atoms with Crippen LogP contribution < -0.4 is 5.32 Å². The monoisotopic (exact) mass is 347 g/mol. The van der Waals surface area contributed by atoms with Gasteiger partial charge in [0.15, 0.2) is 5.82 Å². The number of hydrogen-bond acceptors (Lipinski definition) is 7. The van der Waals surface area contributed by atoms with Crippen LogP contribution in [0.4, 0.5) is 5.82 Å². The van der Waals surface area contributed by atoms with E-state index in [9.17, 15) is 4.79 Å². The van der Waals surface area contributed by atoms with Crippen molar-refractivity contribution in [1.29, 1.82) is 0 Å². The number of amides is 1. The Bertz CT molecular complexity index is 739. The Morgan fingerprint density at radius 2 is 2.24 bits per heavy atom. The van der Waals surface area contributed by atoms with Gasteiger partial charge in [0.05, 0.1) is 13.1 Å². The first kappa shape index (κ1) is 17.6. The fourth-order valence-corrected chi connectivity index (χ4v) is 3.07. The Hall–Kier alpha value is -2.26. The Kier molecular flexibility index (Phi) is 5.14. The van der Waals surface area contributed by atoms with Crippen molar-refractivity contribution >= 4 is 11.7 Å². The smallest absolute Gasteiger partial charge is 0.239 e. The maximum absolute atomic E-state index is 12.1. The first-order chi connectivity index (χ1) is 11.9. The zero-order valence-corrected chi connectivity index (χ0v) is 15.2. The van der Waals surface area contributed by atoms with E-state index in [4.69, 9.17) is 4.52 Å². The summed E-state index contributed by atoms with van der Waals surface area (Å²) >= 11 is 0. The molecule has 2 aromatic heterocycles. The van der Waals surface area contributed by atoms with Crippen LogP contribution in [0.25, 0.3) is 0 Å². The second kappa shape index (κ2) is 7.32. The van der Waals surface area contributed by atoms with Gasteiger partial charge in [-0.2, -0.15) is 0 Å². The molecule has 1 unspecified atom stereocenters. The van der Waals surface area contributed by atoms with Gasteiger partial charge >= 0.3 is 0 Å². The Labute approximate surface area is 147 Å². The molecule has 0 radical (unpaired) electrons. The summed E-state index contributed by atoms with van der Waals surface area (Å²) in [6.07, 6.45) is 1.03. The van der Waals surface area contributed by atoms with Crippen LogP contribution in [0, 0.1) is 13.8 Å². The highest BCUT2D eigenvalue weighted by molar-refractivity contribution is 5.91. The number of aryl methyl sites for hydroxylation is 2. The zero-order chi connectivity index (χ0) is 18.0. The van der Waals surface area contributed by atoms with E-state index in [2.05, 4.69) is 37.5 Å². The maximum atomic E-state index is 12.1. The van der Waals surface area contributed by atoms with Crippen LogP contribution in [0.5, 0.6) is 0 Å². The number of likely N-dealkylation sites (N-methyl/N-ethyl adjacent to an activating group) is 1. The lowest BCUT2D eigenvalue weighted by atomic mass is 10.2. The number of carbonyl (C=O) groups is 1. The van der Waals surface area contributed by atoms with Gasteiger partial charge in [0.25, 0.3) is 0 Å². The molecule has 1 atom stereocenters. The molecule has 3 rings (SSSR count). The molecule has 9 nitrogen and oxygen atoms in total. The molecule has 0 saturated carbocycles. The molecule has 1 saturated heterocycles. The summed E-state index contributed by atoms with van der Waals surface area (Å²) in [6, 6.07) is 2.11. The molecule has 0 spiro atoms. The number of likely N-dealkylation sites (tertiary alicyclic amines) is 1. The number of nitrogens with zero attached hydrogens (tertiary/aromatic N) is 6. The van der Waals surface area contributed by atoms with Gasteiger partial charge in [0.2, 0.25) is 5.91 Å². The molecule has 0 aliphatic carbocycles. The summed E-state index contributed by atoms with van der Waals surface area (Å²) < 4.78 is 6.96. The second-order valence-corrected chi connectivity index (χ2v) is 6.69. The van der Waals surface area contributed by atoms with Crippen molar-refractivity contribution in [2.45, 2.75) is 32.9 Å².